The maximum atomic E-state index is 12.7. The van der Waals surface area contributed by atoms with E-state index in [1.54, 1.807) is 24.4 Å². The van der Waals surface area contributed by atoms with Crippen molar-refractivity contribution in [1.82, 2.24) is 20.3 Å². The van der Waals surface area contributed by atoms with Gasteiger partial charge < -0.3 is 15.0 Å². The Morgan fingerprint density at radius 1 is 1.08 bits per heavy atom. The van der Waals surface area contributed by atoms with Crippen LogP contribution in [0, 0.1) is 0 Å². The quantitative estimate of drug-likeness (QED) is 0.323. The smallest absolute Gasteiger partial charge is 0.251 e. The van der Waals surface area contributed by atoms with Crippen molar-refractivity contribution < 1.29 is 9.53 Å². The number of benzene rings is 1. The van der Waals surface area contributed by atoms with Gasteiger partial charge in [-0.25, -0.2) is 9.97 Å². The van der Waals surface area contributed by atoms with E-state index in [4.69, 9.17) is 26.3 Å². The Morgan fingerprint density at radius 3 is 2.65 bits per heavy atom. The number of rotatable bonds is 6. The summed E-state index contributed by atoms with van der Waals surface area (Å²) in [5.41, 5.74) is 3.68. The number of morpholine rings is 1. The van der Waals surface area contributed by atoms with Crippen LogP contribution in [-0.4, -0.2) is 52.4 Å². The number of carbonyl (C=O) groups excluding carboxylic acids is 1. The van der Waals surface area contributed by atoms with Gasteiger partial charge in [-0.15, -0.1) is 11.8 Å². The average molecular weight is 534 g/mol. The largest absolute Gasteiger partial charge is 0.372 e. The van der Waals surface area contributed by atoms with E-state index >= 15 is 0 Å². The van der Waals surface area contributed by atoms with Gasteiger partial charge in [-0.1, -0.05) is 17.7 Å². The topological polar surface area (TPSA) is 80.2 Å². The molecule has 0 bridgehead atoms. The Kier molecular flexibility index (Phi) is 7.60. The van der Waals surface area contributed by atoms with E-state index < -0.39 is 0 Å². The Labute approximate surface area is 225 Å². The highest BCUT2D eigenvalue weighted by atomic mass is 35.5. The Bertz CT molecular complexity index is 1440. The highest BCUT2D eigenvalue weighted by Crippen LogP contribution is 2.27. The average Bonchev–Trinajstić information content (AvgIpc) is 2.91. The molecule has 2 atom stereocenters. The molecule has 9 heteroatoms. The number of nitrogens with one attached hydrogen (secondary N) is 1. The highest BCUT2D eigenvalue weighted by Gasteiger charge is 2.23. The molecule has 4 aromatic rings. The van der Waals surface area contributed by atoms with Crippen molar-refractivity contribution in [3.63, 3.8) is 0 Å². The third-order valence-electron chi connectivity index (χ3n) is 6.21. The summed E-state index contributed by atoms with van der Waals surface area (Å²) in [5.74, 6) is 0.745. The van der Waals surface area contributed by atoms with E-state index in [1.807, 2.05) is 42.7 Å². The van der Waals surface area contributed by atoms with Crippen LogP contribution in [-0.2, 0) is 11.3 Å². The molecule has 1 N–H and O–H groups in total. The molecular formula is C28H28ClN5O2S. The Morgan fingerprint density at radius 2 is 1.86 bits per heavy atom. The van der Waals surface area contributed by atoms with Crippen LogP contribution >= 0.6 is 23.4 Å². The van der Waals surface area contributed by atoms with Gasteiger partial charge in [0, 0.05) is 35.1 Å². The fraction of sp³-hybridized carbons (Fsp3) is 0.286. The standard InChI is InChI=1S/C28H28ClN5O2S/c1-17-15-34(16-18(2)36-17)27-6-4-5-23(33-27)24-10-8-20-13-30-21(12-25(20)32-24)14-31-28(35)19-7-9-22(29)26(11-19)37-3/h4-13,17-18H,14-16H2,1-3H3,(H,31,35)/t17-,18+. The summed E-state index contributed by atoms with van der Waals surface area (Å²) in [6.45, 7) is 6.08. The predicted octanol–water partition coefficient (Wildman–Crippen LogP) is 5.61. The zero-order valence-electron chi connectivity index (χ0n) is 20.9. The van der Waals surface area contributed by atoms with E-state index in [0.29, 0.717) is 17.1 Å². The number of fused-ring (bicyclic) bond motifs is 1. The molecule has 1 saturated heterocycles. The highest BCUT2D eigenvalue weighted by molar-refractivity contribution is 7.98. The zero-order chi connectivity index (χ0) is 25.9. The molecule has 0 saturated carbocycles. The molecule has 5 rings (SSSR count). The third-order valence-corrected chi connectivity index (χ3v) is 7.43. The van der Waals surface area contributed by atoms with Crippen LogP contribution in [0.15, 0.2) is 65.7 Å². The first-order valence-corrected chi connectivity index (χ1v) is 13.7. The first kappa shape index (κ1) is 25.4. The van der Waals surface area contributed by atoms with Gasteiger partial charge in [0.1, 0.15) is 5.82 Å². The van der Waals surface area contributed by atoms with E-state index in [2.05, 4.69) is 29.0 Å². The maximum Gasteiger partial charge on any atom is 0.251 e. The molecule has 3 aromatic heterocycles. The van der Waals surface area contributed by atoms with Gasteiger partial charge >= 0.3 is 0 Å². The molecule has 0 aliphatic carbocycles. The number of hydrogen-bond acceptors (Lipinski definition) is 7. The lowest BCUT2D eigenvalue weighted by Crippen LogP contribution is -2.45. The number of anilines is 1. The van der Waals surface area contributed by atoms with Crippen LogP contribution in [0.25, 0.3) is 22.3 Å². The van der Waals surface area contributed by atoms with Crippen LogP contribution in [0.2, 0.25) is 5.02 Å². The van der Waals surface area contributed by atoms with Gasteiger partial charge in [0.2, 0.25) is 0 Å². The molecule has 0 spiro atoms. The van der Waals surface area contributed by atoms with Crippen LogP contribution < -0.4 is 10.2 Å². The lowest BCUT2D eigenvalue weighted by atomic mass is 10.1. The minimum Gasteiger partial charge on any atom is -0.372 e. The summed E-state index contributed by atoms with van der Waals surface area (Å²) in [7, 11) is 0. The zero-order valence-corrected chi connectivity index (χ0v) is 22.5. The second-order valence-electron chi connectivity index (χ2n) is 9.14. The lowest BCUT2D eigenvalue weighted by molar-refractivity contribution is -0.00545. The van der Waals surface area contributed by atoms with Gasteiger partial charge in [-0.2, -0.15) is 0 Å². The lowest BCUT2D eigenvalue weighted by Gasteiger charge is -2.36. The summed E-state index contributed by atoms with van der Waals surface area (Å²) >= 11 is 7.67. The summed E-state index contributed by atoms with van der Waals surface area (Å²) in [6.07, 6.45) is 4.03. The van der Waals surface area contributed by atoms with Gasteiger partial charge in [-0.3, -0.25) is 9.78 Å². The predicted molar refractivity (Wildman–Crippen MR) is 149 cm³/mol. The van der Waals surface area contributed by atoms with Crippen LogP contribution in [0.1, 0.15) is 29.9 Å². The molecule has 1 fully saturated rings. The van der Waals surface area contributed by atoms with Crippen molar-refractivity contribution in [2.45, 2.75) is 37.5 Å². The van der Waals surface area contributed by atoms with Crippen molar-refractivity contribution in [3.05, 3.63) is 77.1 Å². The van der Waals surface area contributed by atoms with Gasteiger partial charge in [-0.05, 0) is 68.6 Å². The Balaban J connectivity index is 1.34. The number of pyridine rings is 3. The van der Waals surface area contributed by atoms with Gasteiger partial charge in [0.15, 0.2) is 0 Å². The molecule has 190 valence electrons. The first-order valence-electron chi connectivity index (χ1n) is 12.1. The van der Waals surface area contributed by atoms with Crippen molar-refractivity contribution in [1.29, 1.82) is 0 Å². The van der Waals surface area contributed by atoms with Gasteiger partial charge in [0.05, 0.1) is 46.4 Å². The van der Waals surface area contributed by atoms with E-state index in [9.17, 15) is 4.79 Å². The molecule has 1 amide bonds. The van der Waals surface area contributed by atoms with Crippen molar-refractivity contribution in [2.75, 3.05) is 24.2 Å². The number of hydrogen-bond donors (Lipinski definition) is 1. The number of ether oxygens (including phenoxy) is 1. The maximum absolute atomic E-state index is 12.7. The summed E-state index contributed by atoms with van der Waals surface area (Å²) in [4.78, 5) is 30.1. The minimum atomic E-state index is -0.177. The normalized spacial score (nSPS) is 17.7. The summed E-state index contributed by atoms with van der Waals surface area (Å²) < 4.78 is 5.87. The minimum absolute atomic E-state index is 0.159. The number of thioether (sulfide) groups is 1. The Hall–Kier alpha value is -3.20. The molecule has 1 aliphatic rings. The number of halogens is 1. The summed E-state index contributed by atoms with van der Waals surface area (Å²) in [5, 5.41) is 4.50. The third kappa shape index (κ3) is 5.87. The number of carbonyl (C=O) groups is 1. The van der Waals surface area contributed by atoms with E-state index in [0.717, 1.165) is 51.8 Å². The fourth-order valence-corrected chi connectivity index (χ4v) is 5.34. The van der Waals surface area contributed by atoms with Crippen LogP contribution in [0.5, 0.6) is 0 Å². The fourth-order valence-electron chi connectivity index (χ4n) is 4.48. The second-order valence-corrected chi connectivity index (χ2v) is 10.4. The van der Waals surface area contributed by atoms with Crippen molar-refractivity contribution in [3.8, 4) is 11.4 Å². The molecule has 7 nitrogen and oxygen atoms in total. The second kappa shape index (κ2) is 11.0. The molecule has 1 aliphatic heterocycles. The number of aromatic nitrogens is 3. The van der Waals surface area contributed by atoms with Crippen LogP contribution in [0.3, 0.4) is 0 Å². The van der Waals surface area contributed by atoms with E-state index in [1.165, 1.54) is 11.8 Å². The van der Waals surface area contributed by atoms with E-state index in [-0.39, 0.29) is 18.1 Å². The van der Waals surface area contributed by atoms with Crippen molar-refractivity contribution in [2.24, 2.45) is 0 Å². The molecule has 37 heavy (non-hydrogen) atoms. The first-order chi connectivity index (χ1) is 17.9. The molecule has 0 radical (unpaired) electrons. The summed E-state index contributed by atoms with van der Waals surface area (Å²) in [6, 6.07) is 17.1. The monoisotopic (exact) mass is 533 g/mol. The number of nitrogens with zero attached hydrogens (tertiary/aromatic N) is 4. The molecule has 1 aromatic carbocycles. The van der Waals surface area contributed by atoms with Gasteiger partial charge in [0.25, 0.3) is 5.91 Å². The van der Waals surface area contributed by atoms with Crippen LogP contribution in [0.4, 0.5) is 5.82 Å². The molecular weight excluding hydrogens is 506 g/mol. The SMILES string of the molecule is CSc1cc(C(=O)NCc2cc3nc(-c4cccc(N5C[C@@H](C)O[C@@H](C)C5)n4)ccc3cn2)ccc1Cl. The van der Waals surface area contributed by atoms with Crippen molar-refractivity contribution >= 4 is 46.0 Å². The molecule has 0 unspecified atom stereocenters. The number of amides is 1. The molecule has 4 heterocycles.